The maximum atomic E-state index is 5.91. The number of fused-ring (bicyclic) bond motifs is 1. The molecule has 0 aliphatic rings. The molecular formula is C12H17N3. The Bertz CT molecular complexity index is 503. The molecule has 3 heteroatoms. The Balaban J connectivity index is 2.81. The van der Waals surface area contributed by atoms with E-state index < -0.39 is 0 Å². The minimum absolute atomic E-state index is 0.125. The van der Waals surface area contributed by atoms with Crippen molar-refractivity contribution < 1.29 is 0 Å². The summed E-state index contributed by atoms with van der Waals surface area (Å²) in [7, 11) is 2.06. The quantitative estimate of drug-likeness (QED) is 0.714. The van der Waals surface area contributed by atoms with Crippen LogP contribution in [-0.2, 0) is 12.5 Å². The first-order valence-electron chi connectivity index (χ1n) is 5.10. The SMILES string of the molecule is Cn1c(C(C)(C)C)cc2c(N)cncc21. The van der Waals surface area contributed by atoms with Gasteiger partial charge in [0.2, 0.25) is 0 Å². The van der Waals surface area contributed by atoms with Crippen molar-refractivity contribution in [1.82, 2.24) is 9.55 Å². The maximum Gasteiger partial charge on any atom is 0.0687 e. The molecule has 0 radical (unpaired) electrons. The predicted octanol–water partition coefficient (Wildman–Crippen LogP) is 2.45. The van der Waals surface area contributed by atoms with Crippen LogP contribution >= 0.6 is 0 Å². The molecule has 0 atom stereocenters. The van der Waals surface area contributed by atoms with Crippen LogP contribution in [0.1, 0.15) is 26.5 Å². The van der Waals surface area contributed by atoms with Crippen LogP contribution in [0.2, 0.25) is 0 Å². The summed E-state index contributed by atoms with van der Waals surface area (Å²) >= 11 is 0. The fourth-order valence-corrected chi connectivity index (χ4v) is 1.98. The standard InChI is InChI=1S/C12H17N3/c1-12(2,3)11-5-8-9(13)6-14-7-10(8)15(11)4/h5-7H,13H2,1-4H3. The highest BCUT2D eigenvalue weighted by Gasteiger charge is 2.19. The van der Waals surface area contributed by atoms with E-state index in [4.69, 9.17) is 5.73 Å². The third-order valence-corrected chi connectivity index (χ3v) is 2.77. The van der Waals surface area contributed by atoms with Gasteiger partial charge in [0, 0.05) is 23.5 Å². The Labute approximate surface area is 89.9 Å². The van der Waals surface area contributed by atoms with Gasteiger partial charge in [0.25, 0.3) is 0 Å². The fraction of sp³-hybridized carbons (Fsp3) is 0.417. The molecule has 2 N–H and O–H groups in total. The van der Waals surface area contributed by atoms with E-state index >= 15 is 0 Å². The molecule has 0 unspecified atom stereocenters. The molecule has 2 aromatic heterocycles. The molecule has 0 aliphatic heterocycles. The Hall–Kier alpha value is -1.51. The summed E-state index contributed by atoms with van der Waals surface area (Å²) < 4.78 is 2.17. The maximum absolute atomic E-state index is 5.91. The Morgan fingerprint density at radius 3 is 2.47 bits per heavy atom. The third-order valence-electron chi connectivity index (χ3n) is 2.77. The lowest BCUT2D eigenvalue weighted by molar-refractivity contribution is 0.547. The summed E-state index contributed by atoms with van der Waals surface area (Å²) in [5, 5.41) is 1.09. The van der Waals surface area contributed by atoms with E-state index in [9.17, 15) is 0 Å². The lowest BCUT2D eigenvalue weighted by Crippen LogP contribution is -2.15. The molecule has 0 aliphatic carbocycles. The molecule has 80 valence electrons. The molecule has 0 bridgehead atoms. The zero-order valence-electron chi connectivity index (χ0n) is 9.70. The number of hydrogen-bond acceptors (Lipinski definition) is 2. The summed E-state index contributed by atoms with van der Waals surface area (Å²) in [4.78, 5) is 4.12. The van der Waals surface area contributed by atoms with Crippen molar-refractivity contribution in [2.45, 2.75) is 26.2 Å². The number of aryl methyl sites for hydroxylation is 1. The Morgan fingerprint density at radius 1 is 1.27 bits per heavy atom. The molecule has 0 saturated heterocycles. The number of nitrogen functional groups attached to an aromatic ring is 1. The molecule has 0 fully saturated rings. The molecule has 0 saturated carbocycles. The minimum atomic E-state index is 0.125. The van der Waals surface area contributed by atoms with Crippen molar-refractivity contribution in [3.63, 3.8) is 0 Å². The minimum Gasteiger partial charge on any atom is -0.397 e. The van der Waals surface area contributed by atoms with Crippen molar-refractivity contribution in [2.24, 2.45) is 7.05 Å². The lowest BCUT2D eigenvalue weighted by atomic mass is 9.92. The van der Waals surface area contributed by atoms with E-state index in [0.717, 1.165) is 16.6 Å². The topological polar surface area (TPSA) is 43.8 Å². The number of anilines is 1. The average Bonchev–Trinajstić information content (AvgIpc) is 2.45. The normalized spacial score (nSPS) is 12.3. The summed E-state index contributed by atoms with van der Waals surface area (Å²) in [6.45, 7) is 6.60. The first-order valence-corrected chi connectivity index (χ1v) is 5.10. The van der Waals surface area contributed by atoms with Crippen LogP contribution in [0.4, 0.5) is 5.69 Å². The van der Waals surface area contributed by atoms with Gasteiger partial charge in [-0.1, -0.05) is 20.8 Å². The number of rotatable bonds is 0. The number of nitrogens with zero attached hydrogens (tertiary/aromatic N) is 2. The lowest BCUT2D eigenvalue weighted by Gasteiger charge is -2.19. The highest BCUT2D eigenvalue weighted by Crippen LogP contribution is 2.30. The second-order valence-corrected chi connectivity index (χ2v) is 5.00. The van der Waals surface area contributed by atoms with Crippen LogP contribution in [0.15, 0.2) is 18.5 Å². The predicted molar refractivity (Wildman–Crippen MR) is 63.8 cm³/mol. The van der Waals surface area contributed by atoms with Crippen LogP contribution in [0, 0.1) is 0 Å². The van der Waals surface area contributed by atoms with Crippen LogP contribution in [0.5, 0.6) is 0 Å². The van der Waals surface area contributed by atoms with Gasteiger partial charge in [-0.15, -0.1) is 0 Å². The monoisotopic (exact) mass is 203 g/mol. The Kier molecular flexibility index (Phi) is 2.00. The van der Waals surface area contributed by atoms with Crippen LogP contribution in [-0.4, -0.2) is 9.55 Å². The van der Waals surface area contributed by atoms with Crippen LogP contribution in [0.25, 0.3) is 10.9 Å². The number of hydrogen-bond donors (Lipinski definition) is 1. The summed E-state index contributed by atoms with van der Waals surface area (Å²) in [5.74, 6) is 0. The van der Waals surface area contributed by atoms with Gasteiger partial charge in [-0.2, -0.15) is 0 Å². The van der Waals surface area contributed by atoms with E-state index in [1.807, 2.05) is 6.20 Å². The highest BCUT2D eigenvalue weighted by molar-refractivity contribution is 5.91. The number of pyridine rings is 1. The van der Waals surface area contributed by atoms with Crippen molar-refractivity contribution in [2.75, 3.05) is 5.73 Å². The van der Waals surface area contributed by atoms with Crippen molar-refractivity contribution in [1.29, 1.82) is 0 Å². The molecule has 0 aromatic carbocycles. The van der Waals surface area contributed by atoms with Crippen LogP contribution in [0.3, 0.4) is 0 Å². The van der Waals surface area contributed by atoms with Gasteiger partial charge in [-0.3, -0.25) is 4.98 Å². The highest BCUT2D eigenvalue weighted by atomic mass is 15.0. The van der Waals surface area contributed by atoms with Crippen molar-refractivity contribution in [3.8, 4) is 0 Å². The smallest absolute Gasteiger partial charge is 0.0687 e. The molecule has 0 spiro atoms. The fourth-order valence-electron chi connectivity index (χ4n) is 1.98. The van der Waals surface area contributed by atoms with Gasteiger partial charge in [0.1, 0.15) is 0 Å². The number of nitrogens with two attached hydrogens (primary N) is 1. The summed E-state index contributed by atoms with van der Waals surface area (Å²) in [6.07, 6.45) is 3.57. The molecule has 3 nitrogen and oxygen atoms in total. The first kappa shape index (κ1) is 10.0. The molecule has 0 amide bonds. The van der Waals surface area contributed by atoms with E-state index in [0.29, 0.717) is 0 Å². The number of aromatic nitrogens is 2. The molecular weight excluding hydrogens is 186 g/mol. The summed E-state index contributed by atoms with van der Waals surface area (Å²) in [5.41, 5.74) is 9.15. The summed E-state index contributed by atoms with van der Waals surface area (Å²) in [6, 6.07) is 2.16. The van der Waals surface area contributed by atoms with Crippen molar-refractivity contribution in [3.05, 3.63) is 24.2 Å². The average molecular weight is 203 g/mol. The molecule has 15 heavy (non-hydrogen) atoms. The second-order valence-electron chi connectivity index (χ2n) is 5.00. The molecule has 2 aromatic rings. The van der Waals surface area contributed by atoms with Gasteiger partial charge >= 0.3 is 0 Å². The zero-order valence-corrected chi connectivity index (χ0v) is 9.70. The van der Waals surface area contributed by atoms with Gasteiger partial charge in [0.15, 0.2) is 0 Å². The molecule has 2 rings (SSSR count). The van der Waals surface area contributed by atoms with E-state index in [2.05, 4.69) is 43.4 Å². The van der Waals surface area contributed by atoms with E-state index in [1.54, 1.807) is 6.20 Å². The van der Waals surface area contributed by atoms with E-state index in [-0.39, 0.29) is 5.41 Å². The van der Waals surface area contributed by atoms with Gasteiger partial charge < -0.3 is 10.3 Å². The van der Waals surface area contributed by atoms with Gasteiger partial charge in [0.05, 0.1) is 23.6 Å². The first-order chi connectivity index (χ1) is 6.91. The van der Waals surface area contributed by atoms with E-state index in [1.165, 1.54) is 5.69 Å². The third kappa shape index (κ3) is 1.48. The molecule has 2 heterocycles. The van der Waals surface area contributed by atoms with Gasteiger partial charge in [-0.05, 0) is 6.07 Å². The van der Waals surface area contributed by atoms with Crippen LogP contribution < -0.4 is 5.73 Å². The second kappa shape index (κ2) is 2.99. The van der Waals surface area contributed by atoms with Gasteiger partial charge in [-0.25, -0.2) is 0 Å². The zero-order chi connectivity index (χ0) is 11.2. The van der Waals surface area contributed by atoms with Crippen molar-refractivity contribution >= 4 is 16.6 Å². The Morgan fingerprint density at radius 2 is 1.93 bits per heavy atom. The largest absolute Gasteiger partial charge is 0.397 e.